The molecule has 80 valence electrons. The van der Waals surface area contributed by atoms with Crippen LogP contribution in [0.1, 0.15) is 19.4 Å². The molecule has 1 nitrogen and oxygen atoms in total. The quantitative estimate of drug-likeness (QED) is 0.596. The molecule has 4 heteroatoms. The number of thioether (sulfide) groups is 1. The minimum absolute atomic E-state index is 0.212. The smallest absolute Gasteiger partial charge is 0.138 e. The largest absolute Gasteiger partial charge is 0.206 e. The van der Waals surface area contributed by atoms with Gasteiger partial charge in [0.1, 0.15) is 5.82 Å². The molecule has 0 saturated heterocycles. The zero-order chi connectivity index (χ0) is 11.5. The molecule has 15 heavy (non-hydrogen) atoms. The van der Waals surface area contributed by atoms with E-state index in [1.54, 1.807) is 12.1 Å². The molecule has 0 aliphatic rings. The lowest BCUT2D eigenvalue weighted by Gasteiger charge is -2.20. The number of rotatable bonds is 3. The van der Waals surface area contributed by atoms with Gasteiger partial charge in [-0.2, -0.15) is 5.26 Å². The second-order valence-corrected chi connectivity index (χ2v) is 5.77. The van der Waals surface area contributed by atoms with Gasteiger partial charge in [0.2, 0.25) is 0 Å². The summed E-state index contributed by atoms with van der Waals surface area (Å²) in [5.41, 5.74) is 0.334. The Kier molecular flexibility index (Phi) is 4.01. The molecule has 0 unspecified atom stereocenters. The molecule has 0 aliphatic heterocycles. The second kappa shape index (κ2) is 4.87. The van der Waals surface area contributed by atoms with Crippen molar-refractivity contribution in [2.75, 3.05) is 5.88 Å². The Balaban J connectivity index is 2.93. The molecule has 0 saturated carbocycles. The van der Waals surface area contributed by atoms with E-state index in [1.807, 2.05) is 19.9 Å². The monoisotopic (exact) mass is 243 g/mol. The molecule has 0 spiro atoms. The molecular formula is C11H11ClFNS. The molecule has 0 aromatic heterocycles. The third-order valence-corrected chi connectivity index (χ3v) is 3.84. The van der Waals surface area contributed by atoms with E-state index in [-0.39, 0.29) is 10.6 Å². The third-order valence-electron chi connectivity index (χ3n) is 1.77. The van der Waals surface area contributed by atoms with Crippen LogP contribution in [-0.4, -0.2) is 10.6 Å². The number of nitrogens with zero attached hydrogens (tertiary/aromatic N) is 1. The number of nitriles is 1. The summed E-state index contributed by atoms with van der Waals surface area (Å²) in [5.74, 6) is 0.0779. The van der Waals surface area contributed by atoms with Gasteiger partial charge in [0.25, 0.3) is 0 Å². The number of alkyl halides is 1. The highest BCUT2D eigenvalue weighted by molar-refractivity contribution is 8.00. The van der Waals surface area contributed by atoms with Crippen molar-refractivity contribution in [1.29, 1.82) is 5.26 Å². The van der Waals surface area contributed by atoms with Crippen LogP contribution in [0.3, 0.4) is 0 Å². The fraction of sp³-hybridized carbons (Fsp3) is 0.364. The molecular weight excluding hydrogens is 233 g/mol. The zero-order valence-electron chi connectivity index (χ0n) is 8.55. The van der Waals surface area contributed by atoms with Crippen LogP contribution in [0.25, 0.3) is 0 Å². The molecule has 0 N–H and O–H groups in total. The number of halogens is 2. The highest BCUT2D eigenvalue weighted by atomic mass is 35.5. The summed E-state index contributed by atoms with van der Waals surface area (Å²) in [6, 6.07) is 6.36. The summed E-state index contributed by atoms with van der Waals surface area (Å²) in [6.07, 6.45) is 0. The van der Waals surface area contributed by atoms with Gasteiger partial charge in [0, 0.05) is 15.5 Å². The number of hydrogen-bond donors (Lipinski definition) is 0. The standard InChI is InChI=1S/C11H11ClFNS/c1-11(2,7-12)15-10-4-3-8(6-14)5-9(10)13/h3-5H,7H2,1-2H3. The molecule has 1 aromatic rings. The lowest BCUT2D eigenvalue weighted by atomic mass is 10.2. The fourth-order valence-electron chi connectivity index (χ4n) is 0.978. The van der Waals surface area contributed by atoms with Gasteiger partial charge in [-0.1, -0.05) is 0 Å². The average Bonchev–Trinajstić information content (AvgIpc) is 2.21. The lowest BCUT2D eigenvalue weighted by molar-refractivity contribution is 0.600. The first kappa shape index (κ1) is 12.4. The van der Waals surface area contributed by atoms with Gasteiger partial charge in [-0.25, -0.2) is 4.39 Å². The maximum absolute atomic E-state index is 13.5. The molecule has 0 heterocycles. The van der Waals surface area contributed by atoms with Crippen LogP contribution in [0.5, 0.6) is 0 Å². The second-order valence-electron chi connectivity index (χ2n) is 3.75. The molecule has 0 atom stereocenters. The van der Waals surface area contributed by atoms with Crippen molar-refractivity contribution in [3.8, 4) is 6.07 Å². The van der Waals surface area contributed by atoms with Gasteiger partial charge in [-0.3, -0.25) is 0 Å². The van der Waals surface area contributed by atoms with Gasteiger partial charge in [-0.05, 0) is 32.0 Å². The molecule has 0 aliphatic carbocycles. The molecule has 0 radical (unpaired) electrons. The summed E-state index contributed by atoms with van der Waals surface area (Å²) in [4.78, 5) is 0.527. The molecule has 0 amide bonds. The van der Waals surface area contributed by atoms with Crippen LogP contribution in [-0.2, 0) is 0 Å². The van der Waals surface area contributed by atoms with Crippen molar-refractivity contribution in [3.05, 3.63) is 29.6 Å². The predicted molar refractivity (Wildman–Crippen MR) is 61.8 cm³/mol. The van der Waals surface area contributed by atoms with Gasteiger partial charge in [0.15, 0.2) is 0 Å². The number of benzene rings is 1. The first-order valence-electron chi connectivity index (χ1n) is 4.43. The van der Waals surface area contributed by atoms with Crippen LogP contribution < -0.4 is 0 Å². The van der Waals surface area contributed by atoms with E-state index >= 15 is 0 Å². The van der Waals surface area contributed by atoms with Crippen molar-refractivity contribution in [3.63, 3.8) is 0 Å². The Morgan fingerprint density at radius 3 is 2.67 bits per heavy atom. The Morgan fingerprint density at radius 2 is 2.20 bits per heavy atom. The zero-order valence-corrected chi connectivity index (χ0v) is 10.1. The first-order chi connectivity index (χ1) is 6.98. The normalized spacial score (nSPS) is 11.1. The van der Waals surface area contributed by atoms with E-state index in [4.69, 9.17) is 16.9 Å². The Bertz CT molecular complexity index is 398. The van der Waals surface area contributed by atoms with Gasteiger partial charge >= 0.3 is 0 Å². The van der Waals surface area contributed by atoms with E-state index in [1.165, 1.54) is 17.8 Å². The molecule has 0 fully saturated rings. The molecule has 1 rings (SSSR count). The van der Waals surface area contributed by atoms with Crippen LogP contribution in [0.15, 0.2) is 23.1 Å². The van der Waals surface area contributed by atoms with Crippen LogP contribution in [0, 0.1) is 17.1 Å². The van der Waals surface area contributed by atoms with Crippen molar-refractivity contribution in [2.45, 2.75) is 23.5 Å². The minimum atomic E-state index is -0.364. The van der Waals surface area contributed by atoms with Gasteiger partial charge in [0.05, 0.1) is 11.6 Å². The van der Waals surface area contributed by atoms with E-state index < -0.39 is 0 Å². The summed E-state index contributed by atoms with van der Waals surface area (Å²) in [7, 11) is 0. The van der Waals surface area contributed by atoms with Crippen molar-refractivity contribution < 1.29 is 4.39 Å². The maximum atomic E-state index is 13.5. The summed E-state index contributed by atoms with van der Waals surface area (Å²) in [5, 5.41) is 8.59. The maximum Gasteiger partial charge on any atom is 0.138 e. The van der Waals surface area contributed by atoms with Crippen LogP contribution >= 0.6 is 23.4 Å². The molecule has 0 bridgehead atoms. The average molecular weight is 244 g/mol. The highest BCUT2D eigenvalue weighted by Crippen LogP contribution is 2.34. The van der Waals surface area contributed by atoms with Crippen molar-refractivity contribution in [1.82, 2.24) is 0 Å². The fourth-order valence-corrected chi connectivity index (χ4v) is 2.08. The number of hydrogen-bond acceptors (Lipinski definition) is 2. The SMILES string of the molecule is CC(C)(CCl)Sc1ccc(C#N)cc1F. The van der Waals surface area contributed by atoms with E-state index in [9.17, 15) is 4.39 Å². The summed E-state index contributed by atoms with van der Waals surface area (Å²) < 4.78 is 13.3. The molecule has 1 aromatic carbocycles. The topological polar surface area (TPSA) is 23.8 Å². The Labute approximate surface area is 98.2 Å². The first-order valence-corrected chi connectivity index (χ1v) is 5.78. The van der Waals surface area contributed by atoms with Gasteiger partial charge < -0.3 is 0 Å². The van der Waals surface area contributed by atoms with Gasteiger partial charge in [-0.15, -0.1) is 23.4 Å². The van der Waals surface area contributed by atoms with E-state index in [0.717, 1.165) is 0 Å². The predicted octanol–water partition coefficient (Wildman–Crippen LogP) is 3.81. The summed E-state index contributed by atoms with van der Waals surface area (Å²) >= 11 is 7.13. The van der Waals surface area contributed by atoms with Crippen LogP contribution in [0.4, 0.5) is 4.39 Å². The Morgan fingerprint density at radius 1 is 1.53 bits per heavy atom. The minimum Gasteiger partial charge on any atom is -0.206 e. The van der Waals surface area contributed by atoms with Crippen molar-refractivity contribution in [2.24, 2.45) is 0 Å². The third kappa shape index (κ3) is 3.40. The lowest BCUT2D eigenvalue weighted by Crippen LogP contribution is -2.16. The van der Waals surface area contributed by atoms with Crippen molar-refractivity contribution >= 4 is 23.4 Å². The van der Waals surface area contributed by atoms with E-state index in [0.29, 0.717) is 16.3 Å². The van der Waals surface area contributed by atoms with Crippen LogP contribution in [0.2, 0.25) is 0 Å². The van der Waals surface area contributed by atoms with E-state index in [2.05, 4.69) is 0 Å². The summed E-state index contributed by atoms with van der Waals surface area (Å²) in [6.45, 7) is 3.89. The Hall–Kier alpha value is -0.720. The highest BCUT2D eigenvalue weighted by Gasteiger charge is 2.20.